The molecule has 0 saturated heterocycles. The number of aromatic nitrogens is 7. The molecule has 34 heteroatoms. The third kappa shape index (κ3) is 22.5. The van der Waals surface area contributed by atoms with Gasteiger partial charge in [-0.3, -0.25) is 48.3 Å². The maximum atomic E-state index is 14.5. The van der Waals surface area contributed by atoms with Gasteiger partial charge < -0.3 is 22.1 Å². The van der Waals surface area contributed by atoms with Crippen molar-refractivity contribution in [3.05, 3.63) is 357 Å². The Morgan fingerprint density at radius 3 is 1.38 bits per heavy atom. The Morgan fingerprint density at radius 2 is 0.954 bits per heavy atom. The zero-order valence-corrected chi connectivity index (χ0v) is 68.8. The summed E-state index contributed by atoms with van der Waals surface area (Å²) in [6.45, 7) is 8.64. The molecule has 2 amide bonds. The molecule has 1 fully saturated rings. The highest BCUT2D eigenvalue weighted by Gasteiger charge is 2.55. The normalized spacial score (nSPS) is 13.9. The van der Waals surface area contributed by atoms with E-state index in [-0.39, 0.29) is 81.7 Å². The predicted molar refractivity (Wildman–Crippen MR) is 448 cm³/mol. The molecule has 0 aliphatic heterocycles. The highest BCUT2D eigenvalue weighted by Crippen LogP contribution is 2.49. The number of nitrogens with two attached hydrogens (primary N) is 2. The van der Waals surface area contributed by atoms with E-state index in [4.69, 9.17) is 11.5 Å². The number of fused-ring (bicyclic) bond motifs is 1. The fourth-order valence-corrected chi connectivity index (χ4v) is 16.4. The van der Waals surface area contributed by atoms with Gasteiger partial charge >= 0.3 is 6.18 Å². The van der Waals surface area contributed by atoms with E-state index in [1.807, 2.05) is 30.3 Å². The minimum Gasteiger partial charge on any atom is -0.399 e. The summed E-state index contributed by atoms with van der Waals surface area (Å²) < 4.78 is 253. The summed E-state index contributed by atoms with van der Waals surface area (Å²) in [5.41, 5.74) is 9.36. The van der Waals surface area contributed by atoms with Crippen molar-refractivity contribution in [2.75, 3.05) is 7.05 Å². The third-order valence-electron chi connectivity index (χ3n) is 21.9. The number of alkyl halides is 9. The molecule has 0 spiro atoms. The van der Waals surface area contributed by atoms with E-state index in [0.717, 1.165) is 73.7 Å². The minimum absolute atomic E-state index is 0.0170. The summed E-state index contributed by atoms with van der Waals surface area (Å²) >= 11 is 0. The molecule has 4 atom stereocenters. The quantitative estimate of drug-likeness (QED) is 0.0308. The van der Waals surface area contributed by atoms with Crippen molar-refractivity contribution in [1.82, 2.24) is 45.1 Å². The molecule has 2 aliphatic rings. The van der Waals surface area contributed by atoms with Gasteiger partial charge in [0.25, 0.3) is 24.7 Å². The first-order valence-corrected chi connectivity index (χ1v) is 40.3. The zero-order chi connectivity index (χ0) is 93.9. The molecule has 674 valence electrons. The van der Waals surface area contributed by atoms with Crippen LogP contribution in [0.3, 0.4) is 0 Å². The van der Waals surface area contributed by atoms with Gasteiger partial charge in [-0.05, 0) is 168 Å². The van der Waals surface area contributed by atoms with Crippen LogP contribution in [0.1, 0.15) is 181 Å². The lowest BCUT2D eigenvalue weighted by Gasteiger charge is -2.27. The molecule has 0 radical (unpaired) electrons. The Bertz CT molecular complexity index is 6230. The maximum absolute atomic E-state index is 14.5. The zero-order valence-electron chi connectivity index (χ0n) is 68.8. The Morgan fingerprint density at radius 1 is 0.531 bits per heavy atom. The first-order chi connectivity index (χ1) is 61.8. The topological polar surface area (TPSA) is 236 Å². The number of nitrogens with one attached hydrogen (secondary N) is 2. The lowest BCUT2D eigenvalue weighted by atomic mass is 9.83. The van der Waals surface area contributed by atoms with Crippen molar-refractivity contribution < 1.29 is 103 Å². The summed E-state index contributed by atoms with van der Waals surface area (Å²) in [6, 6.07) is 39.6. The number of amides is 2. The Labute approximate surface area is 731 Å². The van der Waals surface area contributed by atoms with Crippen LogP contribution in [0.15, 0.2) is 214 Å². The van der Waals surface area contributed by atoms with E-state index in [2.05, 4.69) is 55.5 Å². The molecule has 16 nitrogen and oxygen atoms in total. The molecular formula is C96H79F18N11O5. The maximum Gasteiger partial charge on any atom is 0.435 e. The largest absolute Gasteiger partial charge is 0.435 e. The van der Waals surface area contributed by atoms with E-state index in [0.29, 0.717) is 66.1 Å². The molecule has 5 aromatic heterocycles. The van der Waals surface area contributed by atoms with Gasteiger partial charge in [0, 0.05) is 113 Å². The predicted octanol–water partition coefficient (Wildman–Crippen LogP) is 21.7. The van der Waals surface area contributed by atoms with E-state index in [9.17, 15) is 103 Å². The molecule has 2 aliphatic carbocycles. The first-order valence-electron chi connectivity index (χ1n) is 40.3. The monoisotopic (exact) mass is 1810 g/mol. The summed E-state index contributed by atoms with van der Waals surface area (Å²) in [5.74, 6) is -16.8. The van der Waals surface area contributed by atoms with Gasteiger partial charge in [-0.15, -0.1) is 0 Å². The van der Waals surface area contributed by atoms with Gasteiger partial charge in [0.05, 0.1) is 46.6 Å². The van der Waals surface area contributed by atoms with E-state index in [1.54, 1.807) is 36.5 Å². The number of ketones is 3. The van der Waals surface area contributed by atoms with Crippen LogP contribution >= 0.6 is 0 Å². The number of hydrogen-bond donors (Lipinski definition) is 4. The van der Waals surface area contributed by atoms with Crippen molar-refractivity contribution in [3.63, 3.8) is 0 Å². The summed E-state index contributed by atoms with van der Waals surface area (Å²) in [5, 5.41) is 12.3. The van der Waals surface area contributed by atoms with E-state index < -0.39 is 191 Å². The highest BCUT2D eigenvalue weighted by molar-refractivity contribution is 6.01. The number of halogens is 18. The lowest BCUT2D eigenvalue weighted by molar-refractivity contribution is -0.145. The highest BCUT2D eigenvalue weighted by atomic mass is 19.4. The van der Waals surface area contributed by atoms with Crippen LogP contribution < -0.4 is 22.1 Å². The van der Waals surface area contributed by atoms with E-state index >= 15 is 0 Å². The first kappa shape index (κ1) is 95.0. The molecule has 5 heterocycles. The SMILES string of the molecule is C=C(N)c1cc(-c2cccnc2[C@@H](CC(=O)Cn2nc(C(F)(F)F)c3c2C(=O)CC3(F)F)Cc2cc(F)cc(F)c2)ccc1F.C=Cc1c(C(F)F)nn(CC(=O)C[C@@H](Cc2cc(F)cc(F)c2)c2ncccc2-c2ccc(F)c(C(=C)N)c2)c1C(F)F.CNC(=O)c1cc(-c2cccnc2[C@H](Cc2cc(F)cc(F)c2)NC(=O)C(c2ccccc2)C2CCCC2)ccc1F. The molecule has 12 aromatic rings. The number of carbonyl (C=O) groups excluding carboxylic acids is 5. The second kappa shape index (κ2) is 40.9. The lowest BCUT2D eigenvalue weighted by Crippen LogP contribution is -2.37. The number of carbonyl (C=O) groups is 5. The van der Waals surface area contributed by atoms with Crippen molar-refractivity contribution in [2.24, 2.45) is 17.4 Å². The molecule has 0 bridgehead atoms. The molecule has 130 heavy (non-hydrogen) atoms. The average Bonchev–Trinajstić information content (AvgIpc) is 1.57. The second-order valence-corrected chi connectivity index (χ2v) is 31.0. The fourth-order valence-electron chi connectivity index (χ4n) is 16.4. The molecule has 7 aromatic carbocycles. The standard InChI is InChI=1S/C34H32F3N3O2.C31H22F8N4O2.C31H25F7N4O/c1-38-33(41)28-19-24(13-14-29(28)37)27-12-7-15-39-32(27)30(18-21-16-25(35)20-26(36)17-21)40-34(42)31(23-10-5-6-11-23)22-8-3-2-4-9-22;1-15(40)23-11-17(4-5-24(23)34)22-3-2-6-41-27(22)18(7-16-8-19(32)12-20(33)9-16)10-21(44)14-43-28-25(45)13-30(35,36)26(28)29(42-43)31(37,38)39;1-3-23-28(30(35)36)41-42(29(23)31(37)38)15-22(43)12-19(9-17-10-20(32)14-21(33)11-17)27-24(5-4-8-40-27)18-6-7-26(34)25(13-18)16(2)39/h2-4,7-9,12-17,19-20,23,30-31H,5-6,10-11,18H2,1H3,(H,38,41)(H,40,42);2-6,8-9,11-12,18H,1,7,10,13-14,40H2;3-8,10-11,13-14,19,30-31H,1-2,9,12,15,39H2/t30-,31?;18-;19-/m011/s1. The minimum atomic E-state index is -5.33. The van der Waals surface area contributed by atoms with Gasteiger partial charge in [-0.2, -0.15) is 23.4 Å². The smallest absolute Gasteiger partial charge is 0.399 e. The van der Waals surface area contributed by atoms with E-state index in [1.165, 1.54) is 86.2 Å². The molecule has 6 N–H and O–H groups in total. The number of Topliss-reactive ketones (excluding diaryl/α,β-unsaturated/α-hetero) is 3. The van der Waals surface area contributed by atoms with Crippen LogP contribution in [0.25, 0.3) is 50.9 Å². The summed E-state index contributed by atoms with van der Waals surface area (Å²) in [6.07, 6.45) is -5.33. The number of benzene rings is 7. The molecule has 1 saturated carbocycles. The number of rotatable bonds is 30. The molecule has 1 unspecified atom stereocenters. The number of pyridine rings is 3. The van der Waals surface area contributed by atoms with Crippen LogP contribution in [0.4, 0.5) is 79.0 Å². The van der Waals surface area contributed by atoms with Crippen LogP contribution in [0.2, 0.25) is 0 Å². The Kier molecular flexibility index (Phi) is 29.9. The van der Waals surface area contributed by atoms with Crippen molar-refractivity contribution in [3.8, 4) is 33.4 Å². The van der Waals surface area contributed by atoms with Gasteiger partial charge in [0.15, 0.2) is 23.0 Å². The summed E-state index contributed by atoms with van der Waals surface area (Å²) in [7, 11) is 1.42. The van der Waals surface area contributed by atoms with Crippen molar-refractivity contribution >= 4 is 46.6 Å². The van der Waals surface area contributed by atoms with Crippen LogP contribution in [-0.2, 0) is 58.8 Å². The van der Waals surface area contributed by atoms with Gasteiger partial charge in [0.1, 0.15) is 82.5 Å². The summed E-state index contributed by atoms with van der Waals surface area (Å²) in [4.78, 5) is 78.9. The Balaban J connectivity index is 0.000000177. The number of nitrogens with zero attached hydrogens (tertiary/aromatic N) is 7. The second-order valence-electron chi connectivity index (χ2n) is 31.0. The van der Waals surface area contributed by atoms with Gasteiger partial charge in [-0.25, -0.2) is 65.9 Å². The number of hydrogen-bond acceptors (Lipinski definition) is 12. The fraction of sp³-hybridized carbons (Fsp3) is 0.229. The van der Waals surface area contributed by atoms with Crippen LogP contribution in [0, 0.1) is 58.3 Å². The van der Waals surface area contributed by atoms with Crippen LogP contribution in [0.5, 0.6) is 0 Å². The molecular weight excluding hydrogens is 1730 g/mol. The van der Waals surface area contributed by atoms with Gasteiger partial charge in [0.2, 0.25) is 5.91 Å². The third-order valence-corrected chi connectivity index (χ3v) is 21.9. The van der Waals surface area contributed by atoms with Gasteiger partial charge in [-0.1, -0.05) is 105 Å². The van der Waals surface area contributed by atoms with Crippen molar-refractivity contribution in [1.29, 1.82) is 0 Å². The van der Waals surface area contributed by atoms with Crippen molar-refractivity contribution in [2.45, 2.75) is 126 Å². The van der Waals surface area contributed by atoms with Crippen LogP contribution in [-0.4, -0.2) is 70.7 Å². The molecule has 14 rings (SSSR count). The average molecular weight is 1810 g/mol. The Hall–Kier alpha value is -14.1.